The van der Waals surface area contributed by atoms with Gasteiger partial charge < -0.3 is 20.5 Å². The fourth-order valence-corrected chi connectivity index (χ4v) is 5.14. The largest absolute Gasteiger partial charge is 0.382 e. The molecule has 1 atom stereocenters. The second-order valence-corrected chi connectivity index (χ2v) is 9.20. The van der Waals surface area contributed by atoms with Crippen LogP contribution in [0.15, 0.2) is 48.5 Å². The zero-order valence-corrected chi connectivity index (χ0v) is 19.4. The lowest BCUT2D eigenvalue weighted by atomic mass is 9.73. The summed E-state index contributed by atoms with van der Waals surface area (Å²) in [6.45, 7) is 4.80. The number of hydrogen-bond donors (Lipinski definition) is 2. The smallest absolute Gasteiger partial charge is 0.194 e. The van der Waals surface area contributed by atoms with Gasteiger partial charge in [0.25, 0.3) is 0 Å². The standard InChI is InChI=1S/C27H34N2O4/c1-2-24(30)27(28,20-10-12-21(13-11-20)29-16-18-33-19-17-29)23-9-5-4-8-22(23)25(31)26(32)14-6-3-7-15-26/h4-5,8-13,32H,2-3,6-7,14-19,28H2,1H3. The van der Waals surface area contributed by atoms with E-state index in [1.165, 1.54) is 0 Å². The van der Waals surface area contributed by atoms with Gasteiger partial charge in [-0.05, 0) is 36.1 Å². The van der Waals surface area contributed by atoms with Crippen LogP contribution in [0.1, 0.15) is 66.9 Å². The van der Waals surface area contributed by atoms with Crippen molar-refractivity contribution in [2.24, 2.45) is 5.73 Å². The van der Waals surface area contributed by atoms with Crippen molar-refractivity contribution in [2.45, 2.75) is 56.6 Å². The fraction of sp³-hybridized carbons (Fsp3) is 0.481. The van der Waals surface area contributed by atoms with Crippen LogP contribution in [0.25, 0.3) is 0 Å². The average Bonchev–Trinajstić information content (AvgIpc) is 2.88. The lowest BCUT2D eigenvalue weighted by molar-refractivity contribution is -0.122. The number of hydrogen-bond acceptors (Lipinski definition) is 6. The van der Waals surface area contributed by atoms with E-state index in [0.717, 1.165) is 38.0 Å². The van der Waals surface area contributed by atoms with E-state index in [4.69, 9.17) is 10.5 Å². The Morgan fingerprint density at radius 2 is 1.67 bits per heavy atom. The predicted octanol–water partition coefficient (Wildman–Crippen LogP) is 3.58. The van der Waals surface area contributed by atoms with E-state index >= 15 is 0 Å². The number of ketones is 2. The van der Waals surface area contributed by atoms with Gasteiger partial charge in [-0.15, -0.1) is 0 Å². The third-order valence-corrected chi connectivity index (χ3v) is 7.16. The number of anilines is 1. The average molecular weight is 451 g/mol. The molecule has 2 aliphatic rings. The highest BCUT2D eigenvalue weighted by Crippen LogP contribution is 2.37. The molecule has 6 heteroatoms. The number of rotatable bonds is 7. The maximum atomic E-state index is 13.6. The van der Waals surface area contributed by atoms with Crippen molar-refractivity contribution in [3.8, 4) is 0 Å². The van der Waals surface area contributed by atoms with Gasteiger partial charge in [0.1, 0.15) is 11.1 Å². The van der Waals surface area contributed by atoms with Crippen LogP contribution in [0.4, 0.5) is 5.69 Å². The normalized spacial score (nSPS) is 20.2. The molecule has 1 aliphatic heterocycles. The van der Waals surface area contributed by atoms with E-state index in [1.807, 2.05) is 24.3 Å². The van der Waals surface area contributed by atoms with Gasteiger partial charge in [-0.2, -0.15) is 0 Å². The molecular formula is C27H34N2O4. The number of aliphatic hydroxyl groups is 1. The van der Waals surface area contributed by atoms with Crippen molar-refractivity contribution in [1.29, 1.82) is 0 Å². The number of Topliss-reactive ketones (excluding diaryl/α,β-unsaturated/α-hetero) is 2. The lowest BCUT2D eigenvalue weighted by Crippen LogP contribution is -2.48. The monoisotopic (exact) mass is 450 g/mol. The van der Waals surface area contributed by atoms with Crippen molar-refractivity contribution in [3.05, 3.63) is 65.2 Å². The molecule has 1 aliphatic carbocycles. The molecular weight excluding hydrogens is 416 g/mol. The minimum Gasteiger partial charge on any atom is -0.382 e. The molecule has 1 unspecified atom stereocenters. The van der Waals surface area contributed by atoms with Gasteiger partial charge in [-0.1, -0.05) is 62.6 Å². The number of benzene rings is 2. The summed E-state index contributed by atoms with van der Waals surface area (Å²) < 4.78 is 5.44. The van der Waals surface area contributed by atoms with Gasteiger partial charge in [-0.3, -0.25) is 9.59 Å². The van der Waals surface area contributed by atoms with Crippen molar-refractivity contribution < 1.29 is 19.4 Å². The highest BCUT2D eigenvalue weighted by molar-refractivity contribution is 6.06. The molecule has 0 amide bonds. The highest BCUT2D eigenvalue weighted by atomic mass is 16.5. The van der Waals surface area contributed by atoms with Crippen LogP contribution >= 0.6 is 0 Å². The van der Waals surface area contributed by atoms with Crippen LogP contribution in [-0.2, 0) is 15.1 Å². The number of carbonyl (C=O) groups is 2. The summed E-state index contributed by atoms with van der Waals surface area (Å²) in [5, 5.41) is 11.1. The van der Waals surface area contributed by atoms with Crippen molar-refractivity contribution in [3.63, 3.8) is 0 Å². The summed E-state index contributed by atoms with van der Waals surface area (Å²) in [5.41, 5.74) is 6.53. The Bertz CT molecular complexity index is 991. The quantitative estimate of drug-likeness (QED) is 0.627. The van der Waals surface area contributed by atoms with E-state index in [2.05, 4.69) is 4.90 Å². The van der Waals surface area contributed by atoms with Crippen molar-refractivity contribution in [2.75, 3.05) is 31.2 Å². The highest BCUT2D eigenvalue weighted by Gasteiger charge is 2.44. The summed E-state index contributed by atoms with van der Waals surface area (Å²) in [5.74, 6) is -0.501. The third-order valence-electron chi connectivity index (χ3n) is 7.16. The van der Waals surface area contributed by atoms with Gasteiger partial charge in [0.2, 0.25) is 0 Å². The van der Waals surface area contributed by atoms with E-state index in [0.29, 0.717) is 42.7 Å². The SMILES string of the molecule is CCC(=O)C(N)(c1ccc(N2CCOCC2)cc1)c1ccccc1C(=O)C1(O)CCCCC1. The molecule has 176 valence electrons. The van der Waals surface area contributed by atoms with Crippen LogP contribution in [0.5, 0.6) is 0 Å². The maximum Gasteiger partial charge on any atom is 0.194 e. The predicted molar refractivity (Wildman–Crippen MR) is 129 cm³/mol. The summed E-state index contributed by atoms with van der Waals surface area (Å²) >= 11 is 0. The molecule has 0 aromatic heterocycles. The molecule has 1 heterocycles. The van der Waals surface area contributed by atoms with Crippen LogP contribution in [-0.4, -0.2) is 48.6 Å². The topological polar surface area (TPSA) is 92.9 Å². The van der Waals surface area contributed by atoms with Gasteiger partial charge in [0.05, 0.1) is 13.2 Å². The van der Waals surface area contributed by atoms with Gasteiger partial charge in [-0.25, -0.2) is 0 Å². The minimum absolute atomic E-state index is 0.169. The lowest BCUT2D eigenvalue weighted by Gasteiger charge is -2.35. The Hall–Kier alpha value is -2.54. The molecule has 6 nitrogen and oxygen atoms in total. The Balaban J connectivity index is 1.75. The summed E-state index contributed by atoms with van der Waals surface area (Å²) in [4.78, 5) is 29.1. The molecule has 0 radical (unpaired) electrons. The van der Waals surface area contributed by atoms with E-state index in [1.54, 1.807) is 31.2 Å². The second-order valence-electron chi connectivity index (χ2n) is 9.20. The molecule has 1 saturated heterocycles. The molecule has 1 saturated carbocycles. The Kier molecular flexibility index (Phi) is 6.98. The Morgan fingerprint density at radius 3 is 2.30 bits per heavy atom. The van der Waals surface area contributed by atoms with E-state index in [9.17, 15) is 14.7 Å². The first-order chi connectivity index (χ1) is 15.9. The third kappa shape index (κ3) is 4.47. The van der Waals surface area contributed by atoms with Gasteiger partial charge >= 0.3 is 0 Å². The molecule has 33 heavy (non-hydrogen) atoms. The zero-order valence-electron chi connectivity index (χ0n) is 19.4. The maximum absolute atomic E-state index is 13.6. The van der Waals surface area contributed by atoms with Gasteiger partial charge in [0, 0.05) is 30.8 Å². The van der Waals surface area contributed by atoms with Crippen LogP contribution in [0.3, 0.4) is 0 Å². The Labute approximate surface area is 195 Å². The summed E-state index contributed by atoms with van der Waals surface area (Å²) in [7, 11) is 0. The molecule has 0 bridgehead atoms. The zero-order chi connectivity index (χ0) is 23.5. The first-order valence-electron chi connectivity index (χ1n) is 12.0. The molecule has 2 aromatic rings. The number of ether oxygens (including phenoxy) is 1. The minimum atomic E-state index is -1.48. The van der Waals surface area contributed by atoms with E-state index < -0.39 is 11.1 Å². The number of morpholine rings is 1. The van der Waals surface area contributed by atoms with Crippen molar-refractivity contribution in [1.82, 2.24) is 0 Å². The number of carbonyl (C=O) groups excluding carboxylic acids is 2. The van der Waals surface area contributed by atoms with Crippen molar-refractivity contribution >= 4 is 17.3 Å². The molecule has 3 N–H and O–H groups in total. The number of nitrogens with two attached hydrogens (primary N) is 1. The number of nitrogens with zero attached hydrogens (tertiary/aromatic N) is 1. The van der Waals surface area contributed by atoms with Crippen LogP contribution in [0.2, 0.25) is 0 Å². The second kappa shape index (κ2) is 9.75. The Morgan fingerprint density at radius 1 is 1.03 bits per heavy atom. The molecule has 4 rings (SSSR count). The summed E-state index contributed by atoms with van der Waals surface area (Å²) in [6, 6.07) is 14.7. The van der Waals surface area contributed by atoms with Gasteiger partial charge in [0.15, 0.2) is 11.6 Å². The van der Waals surface area contributed by atoms with Crippen LogP contribution < -0.4 is 10.6 Å². The molecule has 2 fully saturated rings. The fourth-order valence-electron chi connectivity index (χ4n) is 5.14. The summed E-state index contributed by atoms with van der Waals surface area (Å²) in [6.07, 6.45) is 3.75. The first kappa shape index (κ1) is 23.6. The van der Waals surface area contributed by atoms with Crippen LogP contribution in [0, 0.1) is 0 Å². The molecule has 0 spiro atoms. The molecule has 2 aromatic carbocycles. The first-order valence-corrected chi connectivity index (χ1v) is 12.0. The van der Waals surface area contributed by atoms with E-state index in [-0.39, 0.29) is 18.0 Å².